The van der Waals surface area contributed by atoms with Crippen molar-refractivity contribution in [3.63, 3.8) is 0 Å². The number of nitro groups is 1. The van der Waals surface area contributed by atoms with Gasteiger partial charge in [0.25, 0.3) is 0 Å². The Morgan fingerprint density at radius 3 is 2.89 bits per heavy atom. The maximum absolute atomic E-state index is 11.2. The van der Waals surface area contributed by atoms with Gasteiger partial charge in [0.2, 0.25) is 0 Å². The Labute approximate surface area is 115 Å². The van der Waals surface area contributed by atoms with Crippen molar-refractivity contribution in [1.29, 1.82) is 0 Å². The molecule has 1 N–H and O–H groups in total. The second-order valence-electron chi connectivity index (χ2n) is 4.92. The molecule has 3 unspecified atom stereocenters. The molecule has 3 atom stereocenters. The fourth-order valence-electron chi connectivity index (χ4n) is 2.12. The van der Waals surface area contributed by atoms with E-state index in [1.807, 2.05) is 18.7 Å². The second kappa shape index (κ2) is 5.44. The molecule has 0 bridgehead atoms. The first kappa shape index (κ1) is 14.2. The number of hydrogen-bond acceptors (Lipinski definition) is 6. The number of hydrogen-bond donors (Lipinski definition) is 1. The van der Waals surface area contributed by atoms with Crippen LogP contribution in [0.25, 0.3) is 0 Å². The van der Waals surface area contributed by atoms with E-state index in [1.54, 1.807) is 6.92 Å². The van der Waals surface area contributed by atoms with Crippen LogP contribution in [0.15, 0.2) is 6.07 Å². The Bertz CT molecular complexity index is 474. The molecule has 0 amide bonds. The van der Waals surface area contributed by atoms with E-state index in [0.29, 0.717) is 23.0 Å². The molecular weight excluding hydrogens is 268 g/mol. The van der Waals surface area contributed by atoms with Crippen LogP contribution in [-0.2, 0) is 4.74 Å². The molecule has 19 heavy (non-hydrogen) atoms. The standard InChI is InChI=1S/C12H18N2O4S/c1-7-6-18-8(2)5-13(7)12-10(14(16)17)4-11(19-12)9(3)15/h4,7-9,15H,5-6H2,1-3H3. The number of nitrogens with zero attached hydrogens (tertiary/aromatic N) is 2. The molecule has 7 heteroatoms. The lowest BCUT2D eigenvalue weighted by molar-refractivity contribution is -0.383. The van der Waals surface area contributed by atoms with Crippen LogP contribution >= 0.6 is 11.3 Å². The molecule has 1 aromatic heterocycles. The molecule has 1 aliphatic rings. The zero-order valence-electron chi connectivity index (χ0n) is 11.2. The van der Waals surface area contributed by atoms with Crippen molar-refractivity contribution in [2.24, 2.45) is 0 Å². The molecule has 1 aliphatic heterocycles. The number of aliphatic hydroxyl groups excluding tert-OH is 1. The molecule has 0 aromatic carbocycles. The first-order valence-electron chi connectivity index (χ1n) is 6.24. The van der Waals surface area contributed by atoms with Gasteiger partial charge in [-0.05, 0) is 20.8 Å². The predicted octanol–water partition coefficient (Wildman–Crippen LogP) is 2.32. The van der Waals surface area contributed by atoms with E-state index in [1.165, 1.54) is 17.4 Å². The zero-order valence-corrected chi connectivity index (χ0v) is 12.0. The molecular formula is C12H18N2O4S. The lowest BCUT2D eigenvalue weighted by atomic mass is 10.2. The minimum absolute atomic E-state index is 0.0490. The van der Waals surface area contributed by atoms with E-state index >= 15 is 0 Å². The number of aliphatic hydroxyl groups is 1. The highest BCUT2D eigenvalue weighted by Crippen LogP contribution is 2.41. The lowest BCUT2D eigenvalue weighted by Gasteiger charge is -2.37. The summed E-state index contributed by atoms with van der Waals surface area (Å²) >= 11 is 1.29. The summed E-state index contributed by atoms with van der Waals surface area (Å²) in [6.07, 6.45) is -0.640. The fraction of sp³-hybridized carbons (Fsp3) is 0.667. The zero-order chi connectivity index (χ0) is 14.2. The van der Waals surface area contributed by atoms with E-state index < -0.39 is 6.10 Å². The summed E-state index contributed by atoms with van der Waals surface area (Å²) in [4.78, 5) is 13.4. The van der Waals surface area contributed by atoms with E-state index in [9.17, 15) is 15.2 Å². The number of morpholine rings is 1. The van der Waals surface area contributed by atoms with Crippen LogP contribution in [0.3, 0.4) is 0 Å². The van der Waals surface area contributed by atoms with Crippen molar-refractivity contribution in [3.8, 4) is 0 Å². The largest absolute Gasteiger partial charge is 0.388 e. The van der Waals surface area contributed by atoms with Crippen LogP contribution in [0, 0.1) is 10.1 Å². The van der Waals surface area contributed by atoms with Gasteiger partial charge in [-0.1, -0.05) is 0 Å². The van der Waals surface area contributed by atoms with Crippen molar-refractivity contribution in [3.05, 3.63) is 21.1 Å². The van der Waals surface area contributed by atoms with Crippen LogP contribution in [0.1, 0.15) is 31.8 Å². The average Bonchev–Trinajstić information content (AvgIpc) is 2.77. The molecule has 6 nitrogen and oxygen atoms in total. The fourth-order valence-corrected chi connectivity index (χ4v) is 3.29. The van der Waals surface area contributed by atoms with Crippen LogP contribution in [0.4, 0.5) is 10.7 Å². The van der Waals surface area contributed by atoms with Gasteiger partial charge in [0.05, 0.1) is 29.8 Å². The predicted molar refractivity (Wildman–Crippen MR) is 73.8 cm³/mol. The first-order chi connectivity index (χ1) is 8.90. The third kappa shape index (κ3) is 2.88. The van der Waals surface area contributed by atoms with Gasteiger partial charge in [-0.25, -0.2) is 0 Å². The Kier molecular flexibility index (Phi) is 4.07. The summed E-state index contributed by atoms with van der Waals surface area (Å²) in [6.45, 7) is 6.73. The molecule has 2 heterocycles. The van der Waals surface area contributed by atoms with E-state index in [2.05, 4.69) is 0 Å². The van der Waals surface area contributed by atoms with Crippen molar-refractivity contribution < 1.29 is 14.8 Å². The van der Waals surface area contributed by atoms with Gasteiger partial charge in [-0.15, -0.1) is 11.3 Å². The van der Waals surface area contributed by atoms with E-state index in [0.717, 1.165) is 0 Å². The van der Waals surface area contributed by atoms with Gasteiger partial charge < -0.3 is 14.7 Å². The molecule has 0 aliphatic carbocycles. The highest BCUT2D eigenvalue weighted by atomic mass is 32.1. The van der Waals surface area contributed by atoms with E-state index in [-0.39, 0.29) is 22.8 Å². The third-order valence-corrected chi connectivity index (χ3v) is 4.52. The molecule has 1 fully saturated rings. The Balaban J connectivity index is 2.39. The first-order valence-corrected chi connectivity index (χ1v) is 7.06. The van der Waals surface area contributed by atoms with Crippen LogP contribution in [-0.4, -0.2) is 35.3 Å². The SMILES string of the molecule is CC1CN(c2sc(C(C)O)cc2[N+](=O)[O-])C(C)CO1. The summed E-state index contributed by atoms with van der Waals surface area (Å²) in [5.74, 6) is 0. The van der Waals surface area contributed by atoms with Crippen LogP contribution in [0.2, 0.25) is 0 Å². The maximum atomic E-state index is 11.2. The minimum atomic E-state index is -0.689. The molecule has 1 aromatic rings. The Morgan fingerprint density at radius 1 is 1.63 bits per heavy atom. The van der Waals surface area contributed by atoms with Gasteiger partial charge in [-0.2, -0.15) is 0 Å². The summed E-state index contributed by atoms with van der Waals surface area (Å²) in [5, 5.41) is 21.4. The topological polar surface area (TPSA) is 75.8 Å². The minimum Gasteiger partial charge on any atom is -0.388 e. The van der Waals surface area contributed by atoms with Gasteiger partial charge >= 0.3 is 5.69 Å². The van der Waals surface area contributed by atoms with Gasteiger partial charge in [-0.3, -0.25) is 10.1 Å². The van der Waals surface area contributed by atoms with Crippen molar-refractivity contribution in [2.45, 2.75) is 39.0 Å². The number of ether oxygens (including phenoxy) is 1. The monoisotopic (exact) mass is 286 g/mol. The summed E-state index contributed by atoms with van der Waals surface area (Å²) < 4.78 is 5.54. The third-order valence-electron chi connectivity index (χ3n) is 3.19. The molecule has 0 saturated carbocycles. The summed E-state index contributed by atoms with van der Waals surface area (Å²) in [5.41, 5.74) is 0.0712. The molecule has 1 saturated heterocycles. The Morgan fingerprint density at radius 2 is 2.32 bits per heavy atom. The summed E-state index contributed by atoms with van der Waals surface area (Å²) in [6, 6.07) is 1.56. The van der Waals surface area contributed by atoms with Crippen molar-refractivity contribution in [1.82, 2.24) is 0 Å². The lowest BCUT2D eigenvalue weighted by Crippen LogP contribution is -2.47. The molecule has 106 valence electrons. The highest BCUT2D eigenvalue weighted by molar-refractivity contribution is 7.16. The molecule has 0 radical (unpaired) electrons. The number of thiophene rings is 1. The molecule has 2 rings (SSSR count). The average molecular weight is 286 g/mol. The van der Waals surface area contributed by atoms with Crippen LogP contribution in [0.5, 0.6) is 0 Å². The number of anilines is 1. The Hall–Kier alpha value is -1.18. The van der Waals surface area contributed by atoms with Gasteiger partial charge in [0, 0.05) is 17.5 Å². The maximum Gasteiger partial charge on any atom is 0.304 e. The summed E-state index contributed by atoms with van der Waals surface area (Å²) in [7, 11) is 0. The number of rotatable bonds is 3. The second-order valence-corrected chi connectivity index (χ2v) is 5.98. The van der Waals surface area contributed by atoms with Crippen LogP contribution < -0.4 is 4.90 Å². The van der Waals surface area contributed by atoms with Crippen molar-refractivity contribution >= 4 is 22.0 Å². The highest BCUT2D eigenvalue weighted by Gasteiger charge is 2.31. The smallest absolute Gasteiger partial charge is 0.304 e. The molecule has 0 spiro atoms. The van der Waals surface area contributed by atoms with Crippen molar-refractivity contribution in [2.75, 3.05) is 18.1 Å². The normalized spacial score (nSPS) is 25.4. The van der Waals surface area contributed by atoms with Gasteiger partial charge in [0.15, 0.2) is 5.00 Å². The van der Waals surface area contributed by atoms with Gasteiger partial charge in [0.1, 0.15) is 0 Å². The van der Waals surface area contributed by atoms with E-state index in [4.69, 9.17) is 4.74 Å². The quantitative estimate of drug-likeness (QED) is 0.681.